The Morgan fingerprint density at radius 1 is 1.33 bits per heavy atom. The van der Waals surface area contributed by atoms with Crippen LogP contribution in [0.3, 0.4) is 0 Å². The van der Waals surface area contributed by atoms with Crippen molar-refractivity contribution in [2.24, 2.45) is 5.92 Å². The molecule has 1 aromatic heterocycles. The Labute approximate surface area is 105 Å². The molecule has 0 atom stereocenters. The van der Waals surface area contributed by atoms with Crippen LogP contribution in [0.1, 0.15) is 19.4 Å². The van der Waals surface area contributed by atoms with E-state index in [2.05, 4.69) is 10.1 Å². The van der Waals surface area contributed by atoms with Crippen molar-refractivity contribution in [2.75, 3.05) is 0 Å². The Balaban J connectivity index is 1.98. The zero-order chi connectivity index (χ0) is 13.0. The number of esters is 1. The smallest absolute Gasteiger partial charge is 0.308 e. The molecule has 0 aliphatic rings. The van der Waals surface area contributed by atoms with Gasteiger partial charge in [-0.1, -0.05) is 26.0 Å². The van der Waals surface area contributed by atoms with Gasteiger partial charge in [0.1, 0.15) is 19.3 Å². The van der Waals surface area contributed by atoms with E-state index in [1.54, 1.807) is 11.0 Å². The van der Waals surface area contributed by atoms with E-state index in [-0.39, 0.29) is 11.9 Å². The van der Waals surface area contributed by atoms with Gasteiger partial charge in [-0.25, -0.2) is 9.67 Å². The van der Waals surface area contributed by atoms with Gasteiger partial charge in [0.2, 0.25) is 0 Å². The van der Waals surface area contributed by atoms with Gasteiger partial charge in [-0.05, 0) is 17.7 Å². The largest absolute Gasteiger partial charge is 0.461 e. The molecule has 2 aromatic rings. The highest BCUT2D eigenvalue weighted by molar-refractivity contribution is 5.71. The maximum Gasteiger partial charge on any atom is 0.308 e. The molecule has 5 heteroatoms. The lowest BCUT2D eigenvalue weighted by molar-refractivity contribution is -0.148. The van der Waals surface area contributed by atoms with Crippen molar-refractivity contribution in [3.8, 4) is 5.69 Å². The molecule has 0 saturated heterocycles. The third-order valence-corrected chi connectivity index (χ3v) is 2.47. The molecular weight excluding hydrogens is 230 g/mol. The predicted molar refractivity (Wildman–Crippen MR) is 66.0 cm³/mol. The molecule has 1 aromatic carbocycles. The topological polar surface area (TPSA) is 57.0 Å². The van der Waals surface area contributed by atoms with Crippen LogP contribution in [-0.4, -0.2) is 20.7 Å². The SMILES string of the molecule is CC(C)C(=O)OCc1ccc(-n2cncn2)cc1. The van der Waals surface area contributed by atoms with Crippen LogP contribution in [0.5, 0.6) is 0 Å². The van der Waals surface area contributed by atoms with Crippen LogP contribution in [-0.2, 0) is 16.1 Å². The van der Waals surface area contributed by atoms with Gasteiger partial charge in [-0.2, -0.15) is 5.10 Å². The molecule has 0 fully saturated rings. The van der Waals surface area contributed by atoms with Crippen molar-refractivity contribution in [1.82, 2.24) is 14.8 Å². The molecule has 0 aliphatic carbocycles. The zero-order valence-corrected chi connectivity index (χ0v) is 10.4. The van der Waals surface area contributed by atoms with Crippen LogP contribution in [0.25, 0.3) is 5.69 Å². The Hall–Kier alpha value is -2.17. The molecule has 5 nitrogen and oxygen atoms in total. The molecule has 0 amide bonds. The maximum absolute atomic E-state index is 11.3. The quantitative estimate of drug-likeness (QED) is 0.773. The number of aromatic nitrogens is 3. The maximum atomic E-state index is 11.3. The van der Waals surface area contributed by atoms with Crippen molar-refractivity contribution in [2.45, 2.75) is 20.5 Å². The molecule has 94 valence electrons. The first kappa shape index (κ1) is 12.3. The van der Waals surface area contributed by atoms with E-state index < -0.39 is 0 Å². The fourth-order valence-electron chi connectivity index (χ4n) is 1.41. The number of carbonyl (C=O) groups excluding carboxylic acids is 1. The van der Waals surface area contributed by atoms with Crippen LogP contribution in [0.4, 0.5) is 0 Å². The monoisotopic (exact) mass is 245 g/mol. The minimum Gasteiger partial charge on any atom is -0.461 e. The van der Waals surface area contributed by atoms with E-state index in [0.717, 1.165) is 11.3 Å². The number of nitrogens with zero attached hydrogens (tertiary/aromatic N) is 3. The Kier molecular flexibility index (Phi) is 3.72. The average molecular weight is 245 g/mol. The van der Waals surface area contributed by atoms with E-state index >= 15 is 0 Å². The van der Waals surface area contributed by atoms with Gasteiger partial charge in [-0.15, -0.1) is 0 Å². The molecule has 18 heavy (non-hydrogen) atoms. The van der Waals surface area contributed by atoms with Gasteiger partial charge in [0.05, 0.1) is 11.6 Å². The zero-order valence-electron chi connectivity index (χ0n) is 10.4. The number of carbonyl (C=O) groups is 1. The van der Waals surface area contributed by atoms with E-state index in [0.29, 0.717) is 6.61 Å². The first-order valence-corrected chi connectivity index (χ1v) is 5.77. The summed E-state index contributed by atoms with van der Waals surface area (Å²) in [4.78, 5) is 15.2. The van der Waals surface area contributed by atoms with Gasteiger partial charge < -0.3 is 4.74 Å². The standard InChI is InChI=1S/C13H15N3O2/c1-10(2)13(17)18-7-11-3-5-12(6-4-11)16-9-14-8-15-16/h3-6,8-10H,7H2,1-2H3. The van der Waals surface area contributed by atoms with Crippen molar-refractivity contribution >= 4 is 5.97 Å². The van der Waals surface area contributed by atoms with Gasteiger partial charge in [0.15, 0.2) is 0 Å². The van der Waals surface area contributed by atoms with Crippen LogP contribution < -0.4 is 0 Å². The summed E-state index contributed by atoms with van der Waals surface area (Å²) < 4.78 is 6.82. The summed E-state index contributed by atoms with van der Waals surface area (Å²) in [6.45, 7) is 3.93. The molecule has 2 rings (SSSR count). The highest BCUT2D eigenvalue weighted by Crippen LogP contribution is 2.09. The third-order valence-electron chi connectivity index (χ3n) is 2.47. The summed E-state index contributed by atoms with van der Waals surface area (Å²) in [6, 6.07) is 7.63. The molecular formula is C13H15N3O2. The lowest BCUT2D eigenvalue weighted by atomic mass is 10.2. The van der Waals surface area contributed by atoms with Crippen molar-refractivity contribution in [1.29, 1.82) is 0 Å². The number of benzene rings is 1. The lowest BCUT2D eigenvalue weighted by Gasteiger charge is -2.07. The van der Waals surface area contributed by atoms with E-state index in [4.69, 9.17) is 4.74 Å². The highest BCUT2D eigenvalue weighted by atomic mass is 16.5. The summed E-state index contributed by atoms with van der Waals surface area (Å²) in [7, 11) is 0. The first-order chi connectivity index (χ1) is 8.66. The summed E-state index contributed by atoms with van der Waals surface area (Å²) >= 11 is 0. The Morgan fingerprint density at radius 2 is 2.06 bits per heavy atom. The van der Waals surface area contributed by atoms with Crippen molar-refractivity contribution in [3.05, 3.63) is 42.5 Å². The van der Waals surface area contributed by atoms with Gasteiger partial charge >= 0.3 is 5.97 Å². The minimum atomic E-state index is -0.185. The average Bonchev–Trinajstić information content (AvgIpc) is 2.90. The lowest BCUT2D eigenvalue weighted by Crippen LogP contribution is -2.11. The molecule has 0 saturated carbocycles. The molecule has 0 aliphatic heterocycles. The van der Waals surface area contributed by atoms with Gasteiger partial charge in [-0.3, -0.25) is 4.79 Å². The van der Waals surface area contributed by atoms with E-state index in [9.17, 15) is 4.79 Å². The Bertz CT molecular complexity index is 504. The fourth-order valence-corrected chi connectivity index (χ4v) is 1.41. The molecule has 1 heterocycles. The Morgan fingerprint density at radius 3 is 2.61 bits per heavy atom. The molecule has 0 N–H and O–H groups in total. The molecule has 0 spiro atoms. The first-order valence-electron chi connectivity index (χ1n) is 5.77. The van der Waals surface area contributed by atoms with Crippen LogP contribution in [0, 0.1) is 5.92 Å². The highest BCUT2D eigenvalue weighted by Gasteiger charge is 2.08. The van der Waals surface area contributed by atoms with Crippen molar-refractivity contribution in [3.63, 3.8) is 0 Å². The van der Waals surface area contributed by atoms with Gasteiger partial charge in [0, 0.05) is 0 Å². The summed E-state index contributed by atoms with van der Waals surface area (Å²) in [5.41, 5.74) is 1.87. The summed E-state index contributed by atoms with van der Waals surface area (Å²) in [5.74, 6) is -0.283. The van der Waals surface area contributed by atoms with Crippen LogP contribution >= 0.6 is 0 Å². The number of ether oxygens (including phenoxy) is 1. The van der Waals surface area contributed by atoms with E-state index in [1.807, 2.05) is 38.1 Å². The normalized spacial score (nSPS) is 10.6. The molecule has 0 unspecified atom stereocenters. The molecule has 0 bridgehead atoms. The number of rotatable bonds is 4. The minimum absolute atomic E-state index is 0.0978. The van der Waals surface area contributed by atoms with Crippen LogP contribution in [0.2, 0.25) is 0 Å². The second kappa shape index (κ2) is 5.44. The van der Waals surface area contributed by atoms with Gasteiger partial charge in [0.25, 0.3) is 0 Å². The third kappa shape index (κ3) is 2.94. The van der Waals surface area contributed by atoms with E-state index in [1.165, 1.54) is 6.33 Å². The molecule has 0 radical (unpaired) electrons. The fraction of sp³-hybridized carbons (Fsp3) is 0.308. The number of hydrogen-bond donors (Lipinski definition) is 0. The summed E-state index contributed by atoms with van der Waals surface area (Å²) in [5, 5.41) is 4.03. The summed E-state index contributed by atoms with van der Waals surface area (Å²) in [6.07, 6.45) is 3.12. The second-order valence-corrected chi connectivity index (χ2v) is 4.27. The predicted octanol–water partition coefficient (Wildman–Crippen LogP) is 1.97. The van der Waals surface area contributed by atoms with Crippen molar-refractivity contribution < 1.29 is 9.53 Å². The number of hydrogen-bond acceptors (Lipinski definition) is 4. The van der Waals surface area contributed by atoms with Crippen LogP contribution in [0.15, 0.2) is 36.9 Å². The second-order valence-electron chi connectivity index (χ2n) is 4.27.